The summed E-state index contributed by atoms with van der Waals surface area (Å²) < 4.78 is 16.5. The van der Waals surface area contributed by atoms with Gasteiger partial charge in [-0.3, -0.25) is 4.79 Å². The first-order chi connectivity index (χ1) is 11.2. The van der Waals surface area contributed by atoms with E-state index in [4.69, 9.17) is 14.2 Å². The Morgan fingerprint density at radius 2 is 2.00 bits per heavy atom. The summed E-state index contributed by atoms with van der Waals surface area (Å²) in [5.41, 5.74) is -0.505. The van der Waals surface area contributed by atoms with Crippen LogP contribution >= 0.6 is 0 Å². The van der Waals surface area contributed by atoms with E-state index < -0.39 is 11.7 Å². The van der Waals surface area contributed by atoms with Gasteiger partial charge in [-0.2, -0.15) is 0 Å². The van der Waals surface area contributed by atoms with Crippen LogP contribution < -0.4 is 5.32 Å². The lowest BCUT2D eigenvalue weighted by atomic mass is 10.1. The smallest absolute Gasteiger partial charge is 0.410 e. The molecule has 0 aromatic rings. The molecule has 2 saturated heterocycles. The third kappa shape index (κ3) is 5.94. The van der Waals surface area contributed by atoms with E-state index in [0.29, 0.717) is 19.7 Å². The number of nitrogens with zero attached hydrogens (tertiary/aromatic N) is 1. The van der Waals surface area contributed by atoms with E-state index >= 15 is 0 Å². The van der Waals surface area contributed by atoms with Gasteiger partial charge in [0.2, 0.25) is 5.91 Å². The first-order valence-corrected chi connectivity index (χ1v) is 8.76. The molecule has 7 nitrogen and oxygen atoms in total. The number of likely N-dealkylation sites (tertiary alicyclic amines) is 1. The average molecular weight is 342 g/mol. The fourth-order valence-electron chi connectivity index (χ4n) is 2.63. The maximum Gasteiger partial charge on any atom is 0.410 e. The van der Waals surface area contributed by atoms with Gasteiger partial charge in [0.1, 0.15) is 11.7 Å². The third-order valence-electron chi connectivity index (χ3n) is 4.05. The van der Waals surface area contributed by atoms with Crippen LogP contribution in [-0.4, -0.2) is 67.1 Å². The summed E-state index contributed by atoms with van der Waals surface area (Å²) in [4.78, 5) is 25.5. The number of carbonyl (C=O) groups is 2. The summed E-state index contributed by atoms with van der Waals surface area (Å²) in [6.45, 7) is 9.40. The Bertz CT molecular complexity index is 437. The number of hydrogen-bond acceptors (Lipinski definition) is 5. The van der Waals surface area contributed by atoms with Gasteiger partial charge in [-0.15, -0.1) is 0 Å². The van der Waals surface area contributed by atoms with Gasteiger partial charge in [0.25, 0.3) is 0 Å². The first kappa shape index (κ1) is 19.0. The monoisotopic (exact) mass is 342 g/mol. The van der Waals surface area contributed by atoms with Gasteiger partial charge in [0, 0.05) is 19.7 Å². The van der Waals surface area contributed by atoms with Crippen LogP contribution in [0.4, 0.5) is 4.79 Å². The molecule has 2 aliphatic rings. The largest absolute Gasteiger partial charge is 0.444 e. The van der Waals surface area contributed by atoms with Crippen LogP contribution in [0.5, 0.6) is 0 Å². The van der Waals surface area contributed by atoms with E-state index in [1.54, 1.807) is 11.8 Å². The van der Waals surface area contributed by atoms with Crippen LogP contribution in [0, 0.1) is 0 Å². The maximum absolute atomic E-state index is 12.1. The topological polar surface area (TPSA) is 77.1 Å². The third-order valence-corrected chi connectivity index (χ3v) is 4.05. The Labute approximate surface area is 144 Å². The van der Waals surface area contributed by atoms with Crippen molar-refractivity contribution in [3.8, 4) is 0 Å². The highest BCUT2D eigenvalue weighted by atomic mass is 16.6. The molecule has 1 N–H and O–H groups in total. The van der Waals surface area contributed by atoms with Crippen LogP contribution in [-0.2, 0) is 19.0 Å². The minimum Gasteiger partial charge on any atom is -0.444 e. The van der Waals surface area contributed by atoms with Crippen molar-refractivity contribution < 1.29 is 23.8 Å². The quantitative estimate of drug-likeness (QED) is 0.823. The lowest BCUT2D eigenvalue weighted by Crippen LogP contribution is -2.62. The summed E-state index contributed by atoms with van der Waals surface area (Å²) in [5.74, 6) is -0.153. The molecule has 2 atom stereocenters. The maximum atomic E-state index is 12.1. The van der Waals surface area contributed by atoms with Crippen LogP contribution in [0.1, 0.15) is 47.0 Å². The van der Waals surface area contributed by atoms with Gasteiger partial charge in [0.15, 0.2) is 0 Å². The lowest BCUT2D eigenvalue weighted by molar-refractivity contribution is -0.137. The van der Waals surface area contributed by atoms with Crippen LogP contribution in [0.3, 0.4) is 0 Å². The van der Waals surface area contributed by atoms with Gasteiger partial charge in [-0.05, 0) is 47.0 Å². The molecule has 0 aromatic carbocycles. The Kier molecular flexibility index (Phi) is 6.46. The summed E-state index contributed by atoms with van der Waals surface area (Å²) in [7, 11) is 0. The van der Waals surface area contributed by atoms with E-state index in [0.717, 1.165) is 25.9 Å². The highest BCUT2D eigenvalue weighted by Gasteiger charge is 2.35. The predicted octanol–water partition coefficient (Wildman–Crippen LogP) is 1.70. The Balaban J connectivity index is 1.62. The zero-order valence-corrected chi connectivity index (χ0v) is 15.2. The van der Waals surface area contributed by atoms with E-state index in [1.165, 1.54) is 0 Å². The average Bonchev–Trinajstić information content (AvgIpc) is 2.46. The Morgan fingerprint density at radius 3 is 2.58 bits per heavy atom. The van der Waals surface area contributed by atoms with Crippen molar-refractivity contribution in [3.05, 3.63) is 0 Å². The van der Waals surface area contributed by atoms with Gasteiger partial charge in [-0.25, -0.2) is 4.79 Å². The van der Waals surface area contributed by atoms with Crippen molar-refractivity contribution in [2.24, 2.45) is 0 Å². The van der Waals surface area contributed by atoms with Crippen molar-refractivity contribution in [2.45, 2.75) is 70.8 Å². The molecule has 7 heteroatoms. The number of hydrogen-bond donors (Lipinski definition) is 1. The predicted molar refractivity (Wildman–Crippen MR) is 88.7 cm³/mol. The van der Waals surface area contributed by atoms with Crippen LogP contribution in [0.2, 0.25) is 0 Å². The second-order valence-corrected chi connectivity index (χ2v) is 7.55. The molecule has 0 bridgehead atoms. The van der Waals surface area contributed by atoms with E-state index in [2.05, 4.69) is 5.32 Å². The molecule has 2 fully saturated rings. The highest BCUT2D eigenvalue weighted by Crippen LogP contribution is 2.16. The molecule has 0 spiro atoms. The molecule has 2 amide bonds. The number of nitrogens with one attached hydrogen (secondary N) is 1. The summed E-state index contributed by atoms with van der Waals surface area (Å²) >= 11 is 0. The van der Waals surface area contributed by atoms with Crippen LogP contribution in [0.25, 0.3) is 0 Å². The van der Waals surface area contributed by atoms with Gasteiger partial charge < -0.3 is 24.4 Å². The van der Waals surface area contributed by atoms with Crippen molar-refractivity contribution in [2.75, 3.05) is 26.3 Å². The van der Waals surface area contributed by atoms with Crippen molar-refractivity contribution in [1.29, 1.82) is 0 Å². The fourth-order valence-corrected chi connectivity index (χ4v) is 2.63. The molecule has 2 heterocycles. The Morgan fingerprint density at radius 1 is 1.29 bits per heavy atom. The lowest BCUT2D eigenvalue weighted by Gasteiger charge is -2.40. The van der Waals surface area contributed by atoms with Gasteiger partial charge in [-0.1, -0.05) is 0 Å². The number of ether oxygens (including phenoxy) is 3. The zero-order chi connectivity index (χ0) is 17.7. The standard InChI is InChI=1S/C17H30N2O5/c1-12(23-11-14-7-5-6-8-22-14)15(20)18-13-9-19(10-13)16(21)24-17(2,3)4/h12-14H,5-11H2,1-4H3,(H,18,20)/t12-,14+/m0/s1. The van der Waals surface area contributed by atoms with Crippen molar-refractivity contribution in [3.63, 3.8) is 0 Å². The first-order valence-electron chi connectivity index (χ1n) is 8.76. The summed E-state index contributed by atoms with van der Waals surface area (Å²) in [5, 5.41) is 2.90. The molecule has 0 saturated carbocycles. The number of rotatable bonds is 5. The Hall–Kier alpha value is -1.34. The molecule has 0 radical (unpaired) electrons. The van der Waals surface area contributed by atoms with E-state index in [-0.39, 0.29) is 24.1 Å². The molecule has 0 aromatic heterocycles. The summed E-state index contributed by atoms with van der Waals surface area (Å²) in [6, 6.07) is -0.0398. The molecule has 0 unspecified atom stereocenters. The SMILES string of the molecule is C[C@H](OC[C@H]1CCCCO1)C(=O)NC1CN(C(=O)OC(C)(C)C)C1. The normalized spacial score (nSPS) is 23.3. The second-order valence-electron chi connectivity index (χ2n) is 7.55. The van der Waals surface area contributed by atoms with Crippen molar-refractivity contribution >= 4 is 12.0 Å². The minimum atomic E-state index is -0.522. The van der Waals surface area contributed by atoms with Crippen molar-refractivity contribution in [1.82, 2.24) is 10.2 Å². The molecule has 2 rings (SSSR count). The molecule has 2 aliphatic heterocycles. The number of amides is 2. The molecule has 0 aliphatic carbocycles. The number of carbonyl (C=O) groups excluding carboxylic acids is 2. The summed E-state index contributed by atoms with van der Waals surface area (Å²) in [6.07, 6.45) is 2.47. The molecule has 24 heavy (non-hydrogen) atoms. The molecular weight excluding hydrogens is 312 g/mol. The zero-order valence-electron chi connectivity index (χ0n) is 15.2. The van der Waals surface area contributed by atoms with E-state index in [9.17, 15) is 9.59 Å². The van der Waals surface area contributed by atoms with E-state index in [1.807, 2.05) is 20.8 Å². The molecule has 138 valence electrons. The molecular formula is C17H30N2O5. The van der Waals surface area contributed by atoms with Gasteiger partial charge >= 0.3 is 6.09 Å². The van der Waals surface area contributed by atoms with Gasteiger partial charge in [0.05, 0.1) is 18.8 Å². The highest BCUT2D eigenvalue weighted by molar-refractivity contribution is 5.81. The second kappa shape index (κ2) is 8.16. The van der Waals surface area contributed by atoms with Crippen LogP contribution in [0.15, 0.2) is 0 Å². The fraction of sp³-hybridized carbons (Fsp3) is 0.882. The minimum absolute atomic E-state index is 0.0398.